The third kappa shape index (κ3) is 4.14. The van der Waals surface area contributed by atoms with Gasteiger partial charge in [-0.25, -0.2) is 0 Å². The van der Waals surface area contributed by atoms with Gasteiger partial charge in [-0.2, -0.15) is 0 Å². The van der Waals surface area contributed by atoms with Crippen LogP contribution in [-0.4, -0.2) is 42.5 Å². The third-order valence-electron chi connectivity index (χ3n) is 2.92. The Hall–Kier alpha value is -0.500. The molecule has 0 atom stereocenters. The van der Waals surface area contributed by atoms with Crippen LogP contribution in [-0.2, 0) is 0 Å². The van der Waals surface area contributed by atoms with Crippen LogP contribution in [0.15, 0.2) is 12.8 Å². The Kier molecular flexibility index (Phi) is 5.02. The molecule has 1 heterocycles. The third-order valence-corrected chi connectivity index (χ3v) is 2.92. The molecule has 0 aromatic rings. The zero-order valence-electron chi connectivity index (χ0n) is 9.71. The predicted molar refractivity (Wildman–Crippen MR) is 62.3 cm³/mol. The second-order valence-corrected chi connectivity index (χ2v) is 4.60. The van der Waals surface area contributed by atoms with Crippen LogP contribution in [0.3, 0.4) is 0 Å². The lowest BCUT2D eigenvalue weighted by molar-refractivity contribution is 0.165. The van der Waals surface area contributed by atoms with Crippen LogP contribution in [0.4, 0.5) is 0 Å². The number of piperazine rings is 1. The van der Waals surface area contributed by atoms with Crippen molar-refractivity contribution in [1.29, 1.82) is 0 Å². The summed E-state index contributed by atoms with van der Waals surface area (Å²) in [5, 5.41) is 0. The molecule has 0 aromatic carbocycles. The lowest BCUT2D eigenvalue weighted by atomic mass is 10.1. The summed E-state index contributed by atoms with van der Waals surface area (Å²) in [5.41, 5.74) is 0. The molecule has 2 nitrogen and oxygen atoms in total. The number of hydrogen-bond donors (Lipinski definition) is 0. The Labute approximate surface area is 88.6 Å². The first-order valence-corrected chi connectivity index (χ1v) is 5.81. The lowest BCUT2D eigenvalue weighted by Gasteiger charge is -2.33. The molecular formula is C12H24N2. The first kappa shape index (κ1) is 11.6. The highest BCUT2D eigenvalue weighted by Gasteiger charge is 2.13. The van der Waals surface area contributed by atoms with E-state index in [0.717, 1.165) is 19.0 Å². The normalized spacial score (nSPS) is 18.9. The van der Waals surface area contributed by atoms with Crippen molar-refractivity contribution < 1.29 is 0 Å². The van der Waals surface area contributed by atoms with E-state index in [0.29, 0.717) is 0 Å². The van der Waals surface area contributed by atoms with Gasteiger partial charge in [0, 0.05) is 26.2 Å². The van der Waals surface area contributed by atoms with Gasteiger partial charge in [0.15, 0.2) is 0 Å². The Morgan fingerprint density at radius 2 is 1.86 bits per heavy atom. The summed E-state index contributed by atoms with van der Waals surface area (Å²) >= 11 is 0. The Morgan fingerprint density at radius 3 is 2.36 bits per heavy atom. The van der Waals surface area contributed by atoms with Gasteiger partial charge in [-0.15, -0.1) is 0 Å². The van der Waals surface area contributed by atoms with Crippen molar-refractivity contribution in [2.45, 2.75) is 26.7 Å². The van der Waals surface area contributed by atoms with Gasteiger partial charge in [0.1, 0.15) is 0 Å². The number of hydrogen-bond acceptors (Lipinski definition) is 2. The first-order valence-electron chi connectivity index (χ1n) is 5.81. The van der Waals surface area contributed by atoms with E-state index in [2.05, 4.69) is 30.2 Å². The number of nitrogens with zero attached hydrogens (tertiary/aromatic N) is 2. The van der Waals surface area contributed by atoms with Crippen LogP contribution < -0.4 is 0 Å². The largest absolute Gasteiger partial charge is 0.375 e. The predicted octanol–water partition coefficient (Wildman–Crippen LogP) is 2.18. The van der Waals surface area contributed by atoms with Gasteiger partial charge in [0.2, 0.25) is 0 Å². The van der Waals surface area contributed by atoms with Crippen molar-refractivity contribution in [2.75, 3.05) is 32.7 Å². The van der Waals surface area contributed by atoms with Crippen LogP contribution in [0.1, 0.15) is 26.7 Å². The molecule has 0 bridgehead atoms. The lowest BCUT2D eigenvalue weighted by Crippen LogP contribution is -2.44. The highest BCUT2D eigenvalue weighted by molar-refractivity contribution is 4.78. The van der Waals surface area contributed by atoms with E-state index in [-0.39, 0.29) is 0 Å². The average molecular weight is 196 g/mol. The van der Waals surface area contributed by atoms with E-state index < -0.39 is 0 Å². The highest BCUT2D eigenvalue weighted by atomic mass is 15.2. The van der Waals surface area contributed by atoms with E-state index in [1.807, 2.05) is 6.20 Å². The van der Waals surface area contributed by atoms with E-state index in [4.69, 9.17) is 0 Å². The van der Waals surface area contributed by atoms with Crippen LogP contribution in [0.5, 0.6) is 0 Å². The molecule has 14 heavy (non-hydrogen) atoms. The minimum Gasteiger partial charge on any atom is -0.375 e. The summed E-state index contributed by atoms with van der Waals surface area (Å²) in [6, 6.07) is 0. The van der Waals surface area contributed by atoms with Crippen LogP contribution in [0, 0.1) is 5.92 Å². The number of rotatable bonds is 5. The molecule has 1 aliphatic heterocycles. The van der Waals surface area contributed by atoms with Crippen LogP contribution >= 0.6 is 0 Å². The Balaban J connectivity index is 2.07. The van der Waals surface area contributed by atoms with Gasteiger partial charge < -0.3 is 4.90 Å². The summed E-state index contributed by atoms with van der Waals surface area (Å²) in [6.45, 7) is 14.4. The fourth-order valence-electron chi connectivity index (χ4n) is 1.89. The second-order valence-electron chi connectivity index (χ2n) is 4.60. The summed E-state index contributed by atoms with van der Waals surface area (Å²) in [7, 11) is 0. The van der Waals surface area contributed by atoms with Crippen molar-refractivity contribution in [1.82, 2.24) is 9.80 Å². The molecule has 1 rings (SSSR count). The molecule has 0 saturated carbocycles. The fourth-order valence-corrected chi connectivity index (χ4v) is 1.89. The van der Waals surface area contributed by atoms with E-state index in [9.17, 15) is 0 Å². The van der Waals surface area contributed by atoms with Crippen molar-refractivity contribution in [3.05, 3.63) is 12.8 Å². The molecule has 1 fully saturated rings. The van der Waals surface area contributed by atoms with Crippen molar-refractivity contribution in [3.8, 4) is 0 Å². The molecule has 0 unspecified atom stereocenters. The molecule has 0 amide bonds. The summed E-state index contributed by atoms with van der Waals surface area (Å²) < 4.78 is 0. The van der Waals surface area contributed by atoms with Crippen LogP contribution in [0.2, 0.25) is 0 Å². The zero-order chi connectivity index (χ0) is 10.4. The fraction of sp³-hybridized carbons (Fsp3) is 0.833. The first-order chi connectivity index (χ1) is 6.72. The molecule has 1 saturated heterocycles. The summed E-state index contributed by atoms with van der Waals surface area (Å²) in [5.74, 6) is 0.851. The molecule has 1 aliphatic rings. The van der Waals surface area contributed by atoms with Crippen LogP contribution in [0.25, 0.3) is 0 Å². The topological polar surface area (TPSA) is 6.48 Å². The molecule has 0 aliphatic carbocycles. The van der Waals surface area contributed by atoms with Crippen molar-refractivity contribution >= 4 is 0 Å². The van der Waals surface area contributed by atoms with Gasteiger partial charge in [-0.1, -0.05) is 20.4 Å². The minimum atomic E-state index is 0.851. The van der Waals surface area contributed by atoms with E-state index >= 15 is 0 Å². The molecule has 82 valence electrons. The highest BCUT2D eigenvalue weighted by Crippen LogP contribution is 2.07. The van der Waals surface area contributed by atoms with Gasteiger partial charge in [0.05, 0.1) is 0 Å². The van der Waals surface area contributed by atoms with Gasteiger partial charge >= 0.3 is 0 Å². The molecule has 2 heteroatoms. The van der Waals surface area contributed by atoms with Crippen molar-refractivity contribution in [3.63, 3.8) is 0 Å². The SMILES string of the molecule is C=CN1CCN(CCCC(C)C)CC1. The molecular weight excluding hydrogens is 172 g/mol. The van der Waals surface area contributed by atoms with Gasteiger partial charge in [0.25, 0.3) is 0 Å². The maximum Gasteiger partial charge on any atom is 0.0300 e. The molecule has 0 N–H and O–H groups in total. The summed E-state index contributed by atoms with van der Waals surface area (Å²) in [6.07, 6.45) is 4.68. The maximum absolute atomic E-state index is 3.80. The van der Waals surface area contributed by atoms with Gasteiger partial charge in [-0.05, 0) is 31.5 Å². The molecule has 0 spiro atoms. The smallest absolute Gasteiger partial charge is 0.0300 e. The molecule has 0 aromatic heterocycles. The Morgan fingerprint density at radius 1 is 1.21 bits per heavy atom. The minimum absolute atomic E-state index is 0.851. The van der Waals surface area contributed by atoms with E-state index in [1.165, 1.54) is 32.5 Å². The Bertz CT molecular complexity index is 158. The average Bonchev–Trinajstić information content (AvgIpc) is 2.18. The monoisotopic (exact) mass is 196 g/mol. The van der Waals surface area contributed by atoms with Gasteiger partial charge in [-0.3, -0.25) is 4.90 Å². The standard InChI is InChI=1S/C12H24N2/c1-4-13-8-10-14(11-9-13)7-5-6-12(2)3/h4,12H,1,5-11H2,2-3H3. The van der Waals surface area contributed by atoms with E-state index in [1.54, 1.807) is 0 Å². The maximum atomic E-state index is 3.80. The summed E-state index contributed by atoms with van der Waals surface area (Å²) in [4.78, 5) is 4.88. The quantitative estimate of drug-likeness (QED) is 0.665. The molecule has 0 radical (unpaired) electrons. The van der Waals surface area contributed by atoms with Crippen molar-refractivity contribution in [2.24, 2.45) is 5.92 Å². The second kappa shape index (κ2) is 6.07. The zero-order valence-corrected chi connectivity index (χ0v) is 9.71.